The van der Waals surface area contributed by atoms with E-state index in [2.05, 4.69) is 25.8 Å². The molecule has 0 saturated carbocycles. The number of nitrogens with zero attached hydrogens (tertiary/aromatic N) is 2. The van der Waals surface area contributed by atoms with Gasteiger partial charge in [0, 0.05) is 12.1 Å². The standard InChI is InChI=1S/C19H19N5O3S/c1-27-15-9-7-14(8-10-15)17-22-19(24-23-17)28-12-16(25)21-18(26)20-11-13-5-3-2-4-6-13/h2-10H,11-12H2,1H3,(H,22,23,24)(H2,20,21,25,26). The smallest absolute Gasteiger partial charge is 0.321 e. The minimum Gasteiger partial charge on any atom is -0.497 e. The number of thioether (sulfide) groups is 1. The molecule has 0 aliphatic carbocycles. The van der Waals surface area contributed by atoms with E-state index in [0.29, 0.717) is 17.5 Å². The Bertz CT molecular complexity index is 928. The van der Waals surface area contributed by atoms with Crippen LogP contribution in [0.5, 0.6) is 5.75 Å². The fraction of sp³-hybridized carbons (Fsp3) is 0.158. The highest BCUT2D eigenvalue weighted by Crippen LogP contribution is 2.21. The van der Waals surface area contributed by atoms with Gasteiger partial charge in [-0.25, -0.2) is 9.78 Å². The number of carbonyl (C=O) groups excluding carboxylic acids is 2. The largest absolute Gasteiger partial charge is 0.497 e. The molecule has 3 aromatic rings. The molecule has 144 valence electrons. The first-order valence-corrected chi connectivity index (χ1v) is 9.44. The van der Waals surface area contributed by atoms with Crippen LogP contribution in [0, 0.1) is 0 Å². The van der Waals surface area contributed by atoms with Gasteiger partial charge < -0.3 is 10.1 Å². The van der Waals surface area contributed by atoms with Gasteiger partial charge in [0.1, 0.15) is 5.75 Å². The highest BCUT2D eigenvalue weighted by atomic mass is 32.2. The van der Waals surface area contributed by atoms with E-state index in [1.165, 1.54) is 0 Å². The van der Waals surface area contributed by atoms with Crippen LogP contribution in [-0.2, 0) is 11.3 Å². The Morgan fingerprint density at radius 1 is 1.11 bits per heavy atom. The maximum Gasteiger partial charge on any atom is 0.321 e. The minimum atomic E-state index is -0.539. The van der Waals surface area contributed by atoms with Crippen molar-refractivity contribution in [3.8, 4) is 17.1 Å². The van der Waals surface area contributed by atoms with Gasteiger partial charge in [-0.3, -0.25) is 15.2 Å². The van der Waals surface area contributed by atoms with Crippen LogP contribution >= 0.6 is 11.8 Å². The Morgan fingerprint density at radius 2 is 1.86 bits per heavy atom. The quantitative estimate of drug-likeness (QED) is 0.529. The van der Waals surface area contributed by atoms with Crippen molar-refractivity contribution in [3.63, 3.8) is 0 Å². The second kappa shape index (κ2) is 9.56. The van der Waals surface area contributed by atoms with Gasteiger partial charge >= 0.3 is 6.03 Å². The Kier molecular flexibility index (Phi) is 6.64. The van der Waals surface area contributed by atoms with Crippen LogP contribution in [0.3, 0.4) is 0 Å². The lowest BCUT2D eigenvalue weighted by Gasteiger charge is -2.06. The van der Waals surface area contributed by atoms with E-state index in [0.717, 1.165) is 28.6 Å². The third-order valence-corrected chi connectivity index (χ3v) is 4.56. The summed E-state index contributed by atoms with van der Waals surface area (Å²) < 4.78 is 5.12. The number of H-pyrrole nitrogens is 1. The average Bonchev–Trinajstić information content (AvgIpc) is 3.21. The predicted octanol–water partition coefficient (Wildman–Crippen LogP) is 2.60. The van der Waals surface area contributed by atoms with Gasteiger partial charge in [-0.05, 0) is 29.8 Å². The highest BCUT2D eigenvalue weighted by molar-refractivity contribution is 7.99. The maximum absolute atomic E-state index is 11.9. The van der Waals surface area contributed by atoms with Crippen LogP contribution in [0.15, 0.2) is 59.8 Å². The molecule has 0 fully saturated rings. The van der Waals surface area contributed by atoms with Crippen LogP contribution in [0.2, 0.25) is 0 Å². The molecule has 0 aliphatic heterocycles. The summed E-state index contributed by atoms with van der Waals surface area (Å²) in [4.78, 5) is 28.0. The van der Waals surface area contributed by atoms with E-state index >= 15 is 0 Å². The molecule has 1 heterocycles. The molecule has 0 atom stereocenters. The van der Waals surface area contributed by atoms with Crippen molar-refractivity contribution in [1.29, 1.82) is 0 Å². The van der Waals surface area contributed by atoms with Crippen molar-refractivity contribution >= 4 is 23.7 Å². The molecule has 3 rings (SSSR count). The van der Waals surface area contributed by atoms with Gasteiger partial charge in [0.15, 0.2) is 5.82 Å². The van der Waals surface area contributed by atoms with Gasteiger partial charge in [-0.2, -0.15) is 0 Å². The number of amides is 3. The lowest BCUT2D eigenvalue weighted by Crippen LogP contribution is -2.39. The SMILES string of the molecule is COc1ccc(-c2nc(SCC(=O)NC(=O)NCc3ccccc3)n[nH]2)cc1. The van der Waals surface area contributed by atoms with Gasteiger partial charge in [-0.15, -0.1) is 5.10 Å². The van der Waals surface area contributed by atoms with Crippen LogP contribution in [0.4, 0.5) is 4.79 Å². The molecule has 0 aliphatic rings. The van der Waals surface area contributed by atoms with E-state index in [1.54, 1.807) is 7.11 Å². The number of benzene rings is 2. The average molecular weight is 397 g/mol. The lowest BCUT2D eigenvalue weighted by atomic mass is 10.2. The number of nitrogens with one attached hydrogen (secondary N) is 3. The Morgan fingerprint density at radius 3 is 2.57 bits per heavy atom. The molecule has 3 amide bonds. The minimum absolute atomic E-state index is 0.0265. The summed E-state index contributed by atoms with van der Waals surface area (Å²) in [5, 5.41) is 12.2. The zero-order valence-corrected chi connectivity index (χ0v) is 16.0. The summed E-state index contributed by atoms with van der Waals surface area (Å²) in [6, 6.07) is 16.3. The molecule has 0 radical (unpaired) electrons. The van der Waals surface area contributed by atoms with Gasteiger partial charge in [0.2, 0.25) is 11.1 Å². The molecule has 3 N–H and O–H groups in total. The van der Waals surface area contributed by atoms with Crippen molar-refractivity contribution in [2.75, 3.05) is 12.9 Å². The van der Waals surface area contributed by atoms with E-state index in [4.69, 9.17) is 4.74 Å². The molecule has 8 nitrogen and oxygen atoms in total. The normalized spacial score (nSPS) is 10.3. The van der Waals surface area contributed by atoms with E-state index in [-0.39, 0.29) is 5.75 Å². The summed E-state index contributed by atoms with van der Waals surface area (Å²) in [6.45, 7) is 0.346. The topological polar surface area (TPSA) is 109 Å². The molecule has 0 spiro atoms. The van der Waals surface area contributed by atoms with Crippen molar-refractivity contribution in [2.45, 2.75) is 11.7 Å². The summed E-state index contributed by atoms with van der Waals surface area (Å²) in [5.74, 6) is 0.941. The second-order valence-corrected chi connectivity index (χ2v) is 6.64. The van der Waals surface area contributed by atoms with Crippen LogP contribution in [-0.4, -0.2) is 40.0 Å². The van der Waals surface area contributed by atoms with Crippen LogP contribution < -0.4 is 15.4 Å². The third-order valence-electron chi connectivity index (χ3n) is 3.71. The molecule has 1 aromatic heterocycles. The molecule has 0 bridgehead atoms. The number of ether oxygens (including phenoxy) is 1. The van der Waals surface area contributed by atoms with Gasteiger partial charge in [0.25, 0.3) is 0 Å². The van der Waals surface area contributed by atoms with E-state index in [1.807, 2.05) is 54.6 Å². The summed E-state index contributed by atoms with van der Waals surface area (Å²) in [7, 11) is 1.60. The number of rotatable bonds is 7. The molecular weight excluding hydrogens is 378 g/mol. The van der Waals surface area contributed by atoms with Crippen molar-refractivity contribution in [3.05, 3.63) is 60.2 Å². The van der Waals surface area contributed by atoms with Gasteiger partial charge in [-0.1, -0.05) is 42.1 Å². The van der Waals surface area contributed by atoms with Crippen LogP contribution in [0.1, 0.15) is 5.56 Å². The lowest BCUT2D eigenvalue weighted by molar-refractivity contribution is -0.117. The predicted molar refractivity (Wildman–Crippen MR) is 106 cm³/mol. The number of aromatic nitrogens is 3. The monoisotopic (exact) mass is 397 g/mol. The Hall–Kier alpha value is -3.33. The first kappa shape index (κ1) is 19.4. The molecular formula is C19H19N5O3S. The fourth-order valence-electron chi connectivity index (χ4n) is 2.30. The first-order valence-electron chi connectivity index (χ1n) is 8.45. The van der Waals surface area contributed by atoms with Gasteiger partial charge in [0.05, 0.1) is 12.9 Å². The maximum atomic E-state index is 11.9. The number of hydrogen-bond acceptors (Lipinski definition) is 6. The molecule has 0 unspecified atom stereocenters. The van der Waals surface area contributed by atoms with E-state index in [9.17, 15) is 9.59 Å². The first-order chi connectivity index (χ1) is 13.6. The molecule has 28 heavy (non-hydrogen) atoms. The van der Waals surface area contributed by atoms with Crippen LogP contribution in [0.25, 0.3) is 11.4 Å². The van der Waals surface area contributed by atoms with Crippen molar-refractivity contribution < 1.29 is 14.3 Å². The third kappa shape index (κ3) is 5.58. The molecule has 0 saturated heterocycles. The zero-order valence-electron chi connectivity index (χ0n) is 15.1. The molecule has 9 heteroatoms. The Balaban J connectivity index is 1.44. The number of carbonyl (C=O) groups is 2. The highest BCUT2D eigenvalue weighted by Gasteiger charge is 2.11. The summed E-state index contributed by atoms with van der Waals surface area (Å²) in [6.07, 6.45) is 0. The Labute approximate surface area is 166 Å². The number of aromatic amines is 1. The van der Waals surface area contributed by atoms with Crippen molar-refractivity contribution in [2.24, 2.45) is 0 Å². The summed E-state index contributed by atoms with van der Waals surface area (Å²) in [5.41, 5.74) is 1.80. The number of urea groups is 1. The van der Waals surface area contributed by atoms with Crippen molar-refractivity contribution in [1.82, 2.24) is 25.8 Å². The summed E-state index contributed by atoms with van der Waals surface area (Å²) >= 11 is 1.14. The number of imide groups is 1. The van der Waals surface area contributed by atoms with E-state index < -0.39 is 11.9 Å². The number of hydrogen-bond donors (Lipinski definition) is 3. The molecule has 2 aromatic carbocycles. The number of methoxy groups -OCH3 is 1. The second-order valence-electron chi connectivity index (χ2n) is 5.70. The zero-order chi connectivity index (χ0) is 19.8. The fourth-order valence-corrected chi connectivity index (χ4v) is 2.90.